The number of hydrogen-bond acceptors (Lipinski definition) is 5. The molecule has 0 unspecified atom stereocenters. The molecule has 0 radical (unpaired) electrons. The molecule has 4 aliphatic rings. The molecule has 3 heterocycles. The minimum absolute atomic E-state index is 0.113. The van der Waals surface area contributed by atoms with Gasteiger partial charge in [-0.3, -0.25) is 4.79 Å². The monoisotopic (exact) mass is 346 g/mol. The average molecular weight is 346 g/mol. The van der Waals surface area contributed by atoms with Gasteiger partial charge in [0.1, 0.15) is 5.84 Å². The highest BCUT2D eigenvalue weighted by molar-refractivity contribution is 6.11. The zero-order chi connectivity index (χ0) is 17.2. The van der Waals surface area contributed by atoms with Crippen LogP contribution < -0.4 is 0 Å². The Hall–Kier alpha value is -1.89. The van der Waals surface area contributed by atoms with Gasteiger partial charge in [-0.05, 0) is 25.7 Å². The zero-order valence-corrected chi connectivity index (χ0v) is 14.7. The summed E-state index contributed by atoms with van der Waals surface area (Å²) in [5.74, 6) is 1.16. The summed E-state index contributed by atoms with van der Waals surface area (Å²) in [6.07, 6.45) is 4.49. The van der Waals surface area contributed by atoms with Crippen molar-refractivity contribution >= 4 is 17.6 Å². The highest BCUT2D eigenvalue weighted by Gasteiger charge is 2.31. The highest BCUT2D eigenvalue weighted by Crippen LogP contribution is 2.31. The van der Waals surface area contributed by atoms with Crippen LogP contribution in [-0.2, 0) is 9.53 Å². The predicted molar refractivity (Wildman–Crippen MR) is 93.5 cm³/mol. The van der Waals surface area contributed by atoms with Crippen molar-refractivity contribution < 1.29 is 14.3 Å². The SMILES string of the molecule is O=C1CC(N2CCN(C(=O)N3CCOCC3)CC2)=NC2=C1CCCC2. The van der Waals surface area contributed by atoms with Gasteiger partial charge in [0.05, 0.1) is 19.6 Å². The molecular formula is C18H26N4O3. The number of carbonyl (C=O) groups excluding carboxylic acids is 2. The van der Waals surface area contributed by atoms with Gasteiger partial charge in [0, 0.05) is 50.5 Å². The van der Waals surface area contributed by atoms with E-state index in [1.165, 1.54) is 0 Å². The lowest BCUT2D eigenvalue weighted by atomic mass is 9.90. The van der Waals surface area contributed by atoms with Gasteiger partial charge in [-0.25, -0.2) is 9.79 Å². The van der Waals surface area contributed by atoms with Crippen LogP contribution in [0.2, 0.25) is 0 Å². The Balaban J connectivity index is 1.37. The number of piperazine rings is 1. The summed E-state index contributed by atoms with van der Waals surface area (Å²) in [5.41, 5.74) is 1.99. The van der Waals surface area contributed by atoms with Crippen LogP contribution in [0.4, 0.5) is 4.79 Å². The number of ether oxygens (including phenoxy) is 1. The second-order valence-corrected chi connectivity index (χ2v) is 7.12. The van der Waals surface area contributed by atoms with Crippen LogP contribution in [-0.4, -0.2) is 84.8 Å². The van der Waals surface area contributed by atoms with Crippen LogP contribution in [0.15, 0.2) is 16.3 Å². The first kappa shape index (κ1) is 16.6. The molecule has 4 rings (SSSR count). The van der Waals surface area contributed by atoms with E-state index < -0.39 is 0 Å². The van der Waals surface area contributed by atoms with E-state index in [9.17, 15) is 9.59 Å². The first-order chi connectivity index (χ1) is 12.2. The third-order valence-corrected chi connectivity index (χ3v) is 5.55. The quantitative estimate of drug-likeness (QED) is 0.662. The van der Waals surface area contributed by atoms with Crippen molar-refractivity contribution in [2.75, 3.05) is 52.5 Å². The van der Waals surface area contributed by atoms with Crippen molar-refractivity contribution in [3.63, 3.8) is 0 Å². The molecule has 0 atom stereocenters. The lowest BCUT2D eigenvalue weighted by Crippen LogP contribution is -2.56. The number of ketones is 1. The molecule has 7 heteroatoms. The summed E-state index contributed by atoms with van der Waals surface area (Å²) < 4.78 is 5.31. The molecule has 3 aliphatic heterocycles. The van der Waals surface area contributed by atoms with Gasteiger partial charge in [0.25, 0.3) is 0 Å². The van der Waals surface area contributed by atoms with E-state index in [0.29, 0.717) is 45.8 Å². The molecule has 2 saturated heterocycles. The Morgan fingerprint density at radius 3 is 2.36 bits per heavy atom. The number of allylic oxidation sites excluding steroid dienone is 2. The van der Waals surface area contributed by atoms with Crippen LogP contribution in [0.25, 0.3) is 0 Å². The molecule has 0 N–H and O–H groups in total. The van der Waals surface area contributed by atoms with E-state index in [1.54, 1.807) is 0 Å². The summed E-state index contributed by atoms with van der Waals surface area (Å²) >= 11 is 0. The Kier molecular flexibility index (Phi) is 4.74. The molecule has 0 aromatic rings. The number of urea groups is 1. The fourth-order valence-electron chi connectivity index (χ4n) is 4.05. The van der Waals surface area contributed by atoms with Crippen LogP contribution in [0, 0.1) is 0 Å². The number of carbonyl (C=O) groups is 2. The van der Waals surface area contributed by atoms with Crippen LogP contribution in [0.3, 0.4) is 0 Å². The molecule has 136 valence electrons. The number of rotatable bonds is 0. The molecule has 0 bridgehead atoms. The second-order valence-electron chi connectivity index (χ2n) is 7.12. The van der Waals surface area contributed by atoms with Crippen molar-refractivity contribution in [2.45, 2.75) is 32.1 Å². The minimum Gasteiger partial charge on any atom is -0.378 e. The van der Waals surface area contributed by atoms with E-state index in [-0.39, 0.29) is 11.8 Å². The van der Waals surface area contributed by atoms with Gasteiger partial charge < -0.3 is 19.4 Å². The predicted octanol–water partition coefficient (Wildman–Crippen LogP) is 1.26. The minimum atomic E-state index is 0.113. The second kappa shape index (κ2) is 7.15. The maximum atomic E-state index is 12.6. The first-order valence-electron chi connectivity index (χ1n) is 9.42. The number of nitrogens with zero attached hydrogens (tertiary/aromatic N) is 4. The number of amides is 2. The molecule has 25 heavy (non-hydrogen) atoms. The number of morpholine rings is 1. The topological polar surface area (TPSA) is 65.5 Å². The first-order valence-corrected chi connectivity index (χ1v) is 9.42. The van der Waals surface area contributed by atoms with E-state index in [1.807, 2.05) is 9.80 Å². The van der Waals surface area contributed by atoms with Gasteiger partial charge in [0.2, 0.25) is 0 Å². The third-order valence-electron chi connectivity index (χ3n) is 5.55. The van der Waals surface area contributed by atoms with Crippen molar-refractivity contribution in [1.29, 1.82) is 0 Å². The van der Waals surface area contributed by atoms with Gasteiger partial charge in [-0.1, -0.05) is 0 Å². The molecule has 0 spiro atoms. The average Bonchev–Trinajstić information content (AvgIpc) is 2.68. The Bertz CT molecular complexity index is 614. The fourth-order valence-corrected chi connectivity index (χ4v) is 4.05. The number of aliphatic imine (C=N–C) groups is 1. The normalized spacial score (nSPS) is 25.0. The summed E-state index contributed by atoms with van der Waals surface area (Å²) in [4.78, 5) is 35.8. The summed E-state index contributed by atoms with van der Waals surface area (Å²) in [6.45, 7) is 5.50. The molecule has 7 nitrogen and oxygen atoms in total. The maximum absolute atomic E-state index is 12.6. The molecule has 0 aromatic heterocycles. The van der Waals surface area contributed by atoms with Crippen LogP contribution in [0.1, 0.15) is 32.1 Å². The lowest BCUT2D eigenvalue weighted by molar-refractivity contribution is -0.115. The van der Waals surface area contributed by atoms with E-state index in [4.69, 9.17) is 9.73 Å². The van der Waals surface area contributed by atoms with Crippen molar-refractivity contribution in [2.24, 2.45) is 4.99 Å². The standard InChI is InChI=1S/C18H26N4O3/c23-16-13-17(19-15-4-2-1-3-14(15)16)20-5-7-21(8-6-20)18(24)22-9-11-25-12-10-22/h1-13H2. The van der Waals surface area contributed by atoms with Gasteiger partial charge in [-0.15, -0.1) is 0 Å². The van der Waals surface area contributed by atoms with Crippen LogP contribution >= 0.6 is 0 Å². The van der Waals surface area contributed by atoms with Crippen molar-refractivity contribution in [3.8, 4) is 0 Å². The Labute approximate surface area is 148 Å². The largest absolute Gasteiger partial charge is 0.378 e. The fraction of sp³-hybridized carbons (Fsp3) is 0.722. The Morgan fingerprint density at radius 2 is 1.60 bits per heavy atom. The highest BCUT2D eigenvalue weighted by atomic mass is 16.5. The zero-order valence-electron chi connectivity index (χ0n) is 14.7. The van der Waals surface area contributed by atoms with Crippen LogP contribution in [0.5, 0.6) is 0 Å². The molecule has 0 aromatic carbocycles. The molecule has 2 amide bonds. The molecule has 1 aliphatic carbocycles. The molecule has 0 saturated carbocycles. The number of Topliss-reactive ketones (excluding diaryl/α,β-unsaturated/α-hetero) is 1. The van der Waals surface area contributed by atoms with Gasteiger partial charge in [-0.2, -0.15) is 0 Å². The van der Waals surface area contributed by atoms with E-state index in [2.05, 4.69) is 4.90 Å². The Morgan fingerprint density at radius 1 is 0.920 bits per heavy atom. The van der Waals surface area contributed by atoms with Gasteiger partial charge >= 0.3 is 6.03 Å². The van der Waals surface area contributed by atoms with Gasteiger partial charge in [0.15, 0.2) is 5.78 Å². The third kappa shape index (κ3) is 3.42. The number of amidine groups is 1. The summed E-state index contributed by atoms with van der Waals surface area (Å²) in [7, 11) is 0. The lowest BCUT2D eigenvalue weighted by Gasteiger charge is -2.40. The van der Waals surface area contributed by atoms with Crippen molar-refractivity contribution in [1.82, 2.24) is 14.7 Å². The summed E-state index contributed by atoms with van der Waals surface area (Å²) in [5, 5.41) is 0. The number of hydrogen-bond donors (Lipinski definition) is 0. The summed E-state index contributed by atoms with van der Waals surface area (Å²) in [6, 6.07) is 0.113. The smallest absolute Gasteiger partial charge is 0.320 e. The molecule has 2 fully saturated rings. The maximum Gasteiger partial charge on any atom is 0.320 e. The van der Waals surface area contributed by atoms with Crippen molar-refractivity contribution in [3.05, 3.63) is 11.3 Å². The van der Waals surface area contributed by atoms with E-state index >= 15 is 0 Å². The van der Waals surface area contributed by atoms with E-state index in [0.717, 1.165) is 55.9 Å². The molecular weight excluding hydrogens is 320 g/mol.